The van der Waals surface area contributed by atoms with Gasteiger partial charge in [-0.2, -0.15) is 5.10 Å². The van der Waals surface area contributed by atoms with Crippen LogP contribution in [0.25, 0.3) is 11.5 Å². The number of esters is 1. The Bertz CT molecular complexity index is 1180. The van der Waals surface area contributed by atoms with E-state index in [9.17, 15) is 18.0 Å². The third-order valence-electron chi connectivity index (χ3n) is 4.86. The van der Waals surface area contributed by atoms with Gasteiger partial charge in [-0.05, 0) is 42.8 Å². The van der Waals surface area contributed by atoms with Gasteiger partial charge in [-0.15, -0.1) is 0 Å². The van der Waals surface area contributed by atoms with Crippen LogP contribution in [-0.2, 0) is 14.6 Å². The topological polar surface area (TPSA) is 120 Å². The van der Waals surface area contributed by atoms with Crippen molar-refractivity contribution >= 4 is 27.4 Å². The first-order valence-electron chi connectivity index (χ1n) is 9.20. The molecule has 1 aromatic carbocycles. The molecule has 9 nitrogen and oxygen atoms in total. The quantitative estimate of drug-likeness (QED) is 0.619. The predicted molar refractivity (Wildman–Crippen MR) is 108 cm³/mol. The van der Waals surface area contributed by atoms with Crippen LogP contribution in [0.3, 0.4) is 0 Å². The Balaban J connectivity index is 1.60. The number of sulfone groups is 1. The number of rotatable bonds is 5. The molecule has 3 aromatic rings. The van der Waals surface area contributed by atoms with Crippen LogP contribution in [0.1, 0.15) is 33.3 Å². The summed E-state index contributed by atoms with van der Waals surface area (Å²) in [6.07, 6.45) is 1.93. The lowest BCUT2D eigenvalue weighted by molar-refractivity contribution is 0.0600. The summed E-state index contributed by atoms with van der Waals surface area (Å²) in [4.78, 5) is 24.3. The number of carbonyl (C=O) groups excluding carboxylic acids is 2. The number of methoxy groups -OCH3 is 1. The number of carbonyl (C=O) groups is 2. The molecule has 0 bridgehead atoms. The zero-order chi connectivity index (χ0) is 21.3. The second kappa shape index (κ2) is 7.79. The molecule has 1 N–H and O–H groups in total. The van der Waals surface area contributed by atoms with Crippen molar-refractivity contribution in [1.29, 1.82) is 0 Å². The maximum absolute atomic E-state index is 12.7. The van der Waals surface area contributed by atoms with Crippen LogP contribution in [0.2, 0.25) is 0 Å². The van der Waals surface area contributed by atoms with Gasteiger partial charge in [0.25, 0.3) is 5.91 Å². The Morgan fingerprint density at radius 3 is 2.60 bits per heavy atom. The molecule has 1 saturated heterocycles. The third-order valence-corrected chi connectivity index (χ3v) is 6.61. The highest BCUT2D eigenvalue weighted by molar-refractivity contribution is 7.91. The van der Waals surface area contributed by atoms with E-state index in [2.05, 4.69) is 15.2 Å². The predicted octanol–water partition coefficient (Wildman–Crippen LogP) is 2.54. The van der Waals surface area contributed by atoms with Gasteiger partial charge in [0.15, 0.2) is 21.3 Å². The summed E-state index contributed by atoms with van der Waals surface area (Å²) in [5.41, 5.74) is 1.50. The molecule has 0 radical (unpaired) electrons. The molecule has 1 aliphatic rings. The molecule has 1 fully saturated rings. The van der Waals surface area contributed by atoms with Gasteiger partial charge < -0.3 is 14.5 Å². The van der Waals surface area contributed by atoms with E-state index in [4.69, 9.17) is 4.42 Å². The Hall–Kier alpha value is -3.40. The van der Waals surface area contributed by atoms with Crippen LogP contribution >= 0.6 is 0 Å². The number of benzene rings is 1. The summed E-state index contributed by atoms with van der Waals surface area (Å²) < 4.78 is 35.5. The maximum Gasteiger partial charge on any atom is 0.337 e. The monoisotopic (exact) mass is 429 g/mol. The molecule has 4 rings (SSSR count). The van der Waals surface area contributed by atoms with Gasteiger partial charge in [-0.3, -0.25) is 9.48 Å². The van der Waals surface area contributed by atoms with Crippen LogP contribution < -0.4 is 5.32 Å². The SMILES string of the molecule is COC(=O)c1ccc(NC(=O)c2cc(-c3ccco3)n(C3CCS(=O)(=O)C3)n2)cc1. The lowest BCUT2D eigenvalue weighted by Gasteiger charge is -2.11. The number of ether oxygens (including phenoxy) is 1. The highest BCUT2D eigenvalue weighted by Crippen LogP contribution is 2.30. The standard InChI is InChI=1S/C20H19N3O6S/c1-28-20(25)13-4-6-14(7-5-13)21-19(24)16-11-17(18-3-2-9-29-18)23(22-16)15-8-10-30(26,27)12-15/h2-7,9,11,15H,8,10,12H2,1H3,(H,21,24). The van der Waals surface area contributed by atoms with Gasteiger partial charge in [0.2, 0.25) is 0 Å². The average molecular weight is 429 g/mol. The summed E-state index contributed by atoms with van der Waals surface area (Å²) in [5, 5.41) is 7.09. The Labute approximate surface area is 172 Å². The minimum Gasteiger partial charge on any atom is -0.465 e. The molecule has 2 aromatic heterocycles. The number of anilines is 1. The van der Waals surface area contributed by atoms with Gasteiger partial charge in [0.05, 0.1) is 36.5 Å². The van der Waals surface area contributed by atoms with Crippen molar-refractivity contribution in [3.63, 3.8) is 0 Å². The van der Waals surface area contributed by atoms with E-state index >= 15 is 0 Å². The van der Waals surface area contributed by atoms with Crippen LogP contribution in [0.5, 0.6) is 0 Å². The zero-order valence-corrected chi connectivity index (χ0v) is 16.9. The molecular formula is C20H19N3O6S. The van der Waals surface area contributed by atoms with Gasteiger partial charge in [0.1, 0.15) is 5.69 Å². The van der Waals surface area contributed by atoms with Crippen molar-refractivity contribution in [2.24, 2.45) is 0 Å². The number of hydrogen-bond donors (Lipinski definition) is 1. The van der Waals surface area contributed by atoms with Crippen molar-refractivity contribution in [1.82, 2.24) is 9.78 Å². The van der Waals surface area contributed by atoms with Gasteiger partial charge in [-0.25, -0.2) is 13.2 Å². The van der Waals surface area contributed by atoms with Crippen LogP contribution in [0, 0.1) is 0 Å². The molecule has 10 heteroatoms. The Kier molecular flexibility index (Phi) is 5.17. The summed E-state index contributed by atoms with van der Waals surface area (Å²) in [6.45, 7) is 0. The minimum absolute atomic E-state index is 0.0293. The third kappa shape index (κ3) is 3.99. The highest BCUT2D eigenvalue weighted by Gasteiger charge is 2.32. The zero-order valence-electron chi connectivity index (χ0n) is 16.1. The number of nitrogens with one attached hydrogen (secondary N) is 1. The number of nitrogens with zero attached hydrogens (tertiary/aromatic N) is 2. The molecule has 0 saturated carbocycles. The summed E-state index contributed by atoms with van der Waals surface area (Å²) in [5.74, 6) is -0.385. The van der Waals surface area contributed by atoms with Crippen LogP contribution in [-0.4, -0.2) is 48.7 Å². The highest BCUT2D eigenvalue weighted by atomic mass is 32.2. The summed E-state index contributed by atoms with van der Waals surface area (Å²) in [7, 11) is -1.84. The summed E-state index contributed by atoms with van der Waals surface area (Å²) in [6, 6.07) is 10.9. The number of hydrogen-bond acceptors (Lipinski definition) is 7. The maximum atomic E-state index is 12.7. The van der Waals surface area contributed by atoms with Crippen LogP contribution in [0.15, 0.2) is 53.1 Å². The lowest BCUT2D eigenvalue weighted by Crippen LogP contribution is -2.16. The van der Waals surface area contributed by atoms with Gasteiger partial charge in [-0.1, -0.05) is 0 Å². The van der Waals surface area contributed by atoms with Crippen molar-refractivity contribution < 1.29 is 27.2 Å². The molecule has 1 atom stereocenters. The number of furan rings is 1. The van der Waals surface area contributed by atoms with E-state index in [1.165, 1.54) is 25.5 Å². The van der Waals surface area contributed by atoms with Gasteiger partial charge >= 0.3 is 5.97 Å². The van der Waals surface area contributed by atoms with Gasteiger partial charge in [0, 0.05) is 11.8 Å². The summed E-state index contributed by atoms with van der Waals surface area (Å²) >= 11 is 0. The molecule has 156 valence electrons. The number of amides is 1. The van der Waals surface area contributed by atoms with E-state index in [0.717, 1.165) is 0 Å². The average Bonchev–Trinajstić information content (AvgIpc) is 3.46. The molecule has 3 heterocycles. The van der Waals surface area contributed by atoms with E-state index in [1.807, 2.05) is 0 Å². The normalized spacial score (nSPS) is 17.6. The van der Waals surface area contributed by atoms with E-state index in [0.29, 0.717) is 29.1 Å². The largest absolute Gasteiger partial charge is 0.465 e. The first-order chi connectivity index (χ1) is 14.4. The molecule has 1 unspecified atom stereocenters. The van der Waals surface area contributed by atoms with Crippen molar-refractivity contribution in [3.8, 4) is 11.5 Å². The molecule has 30 heavy (non-hydrogen) atoms. The second-order valence-corrected chi connectivity index (χ2v) is 9.15. The van der Waals surface area contributed by atoms with Crippen molar-refractivity contribution in [2.75, 3.05) is 23.9 Å². The Morgan fingerprint density at radius 1 is 1.23 bits per heavy atom. The lowest BCUT2D eigenvalue weighted by atomic mass is 10.2. The second-order valence-electron chi connectivity index (χ2n) is 6.92. The molecule has 1 amide bonds. The van der Waals surface area contributed by atoms with Crippen molar-refractivity contribution in [3.05, 3.63) is 60.0 Å². The Morgan fingerprint density at radius 2 is 2.00 bits per heavy atom. The fraction of sp³-hybridized carbons (Fsp3) is 0.250. The first kappa shape index (κ1) is 19.9. The smallest absolute Gasteiger partial charge is 0.337 e. The van der Waals surface area contributed by atoms with Crippen molar-refractivity contribution in [2.45, 2.75) is 12.5 Å². The van der Waals surface area contributed by atoms with Crippen LogP contribution in [0.4, 0.5) is 5.69 Å². The van der Waals surface area contributed by atoms with E-state index in [1.54, 1.807) is 35.0 Å². The fourth-order valence-corrected chi connectivity index (χ4v) is 5.05. The molecule has 0 spiro atoms. The van der Waals surface area contributed by atoms with E-state index < -0.39 is 21.7 Å². The number of aromatic nitrogens is 2. The molecular weight excluding hydrogens is 410 g/mol. The molecule has 0 aliphatic carbocycles. The fourth-order valence-electron chi connectivity index (χ4n) is 3.36. The minimum atomic E-state index is -3.13. The molecule has 1 aliphatic heterocycles. The van der Waals surface area contributed by atoms with E-state index in [-0.39, 0.29) is 23.2 Å². The first-order valence-corrected chi connectivity index (χ1v) is 11.0.